The van der Waals surface area contributed by atoms with Gasteiger partial charge in [-0.05, 0) is 25.1 Å². The molecular weight excluding hydrogens is 228 g/mol. The fourth-order valence-corrected chi connectivity index (χ4v) is 1.49. The van der Waals surface area contributed by atoms with Crippen LogP contribution >= 0.6 is 11.6 Å². The van der Waals surface area contributed by atoms with E-state index in [0.717, 1.165) is 5.56 Å². The second-order valence-corrected chi connectivity index (χ2v) is 3.79. The molecule has 0 atom stereocenters. The SMILES string of the molecule is Cc1c(Oc2cccc(Cl)c2)n[nH]c1CO. The highest BCUT2D eigenvalue weighted by molar-refractivity contribution is 6.30. The van der Waals surface area contributed by atoms with E-state index in [2.05, 4.69) is 10.2 Å². The zero-order chi connectivity index (χ0) is 11.5. The van der Waals surface area contributed by atoms with Gasteiger partial charge in [0.05, 0.1) is 12.3 Å². The van der Waals surface area contributed by atoms with Crippen molar-refractivity contribution < 1.29 is 9.84 Å². The fraction of sp³-hybridized carbons (Fsp3) is 0.182. The molecule has 0 amide bonds. The number of ether oxygens (including phenoxy) is 1. The van der Waals surface area contributed by atoms with Crippen LogP contribution in [0, 0.1) is 6.92 Å². The number of halogens is 1. The molecule has 5 heteroatoms. The molecule has 0 saturated heterocycles. The third-order valence-corrected chi connectivity index (χ3v) is 2.47. The summed E-state index contributed by atoms with van der Waals surface area (Å²) < 4.78 is 5.53. The maximum atomic E-state index is 8.99. The summed E-state index contributed by atoms with van der Waals surface area (Å²) >= 11 is 5.84. The summed E-state index contributed by atoms with van der Waals surface area (Å²) in [4.78, 5) is 0. The minimum atomic E-state index is -0.0856. The van der Waals surface area contributed by atoms with Crippen LogP contribution in [0.15, 0.2) is 24.3 Å². The van der Waals surface area contributed by atoms with Crippen LogP contribution < -0.4 is 4.74 Å². The Labute approximate surface area is 97.8 Å². The molecule has 16 heavy (non-hydrogen) atoms. The van der Waals surface area contributed by atoms with Crippen molar-refractivity contribution >= 4 is 11.6 Å². The lowest BCUT2D eigenvalue weighted by atomic mass is 10.3. The number of aromatic amines is 1. The molecule has 2 aromatic rings. The van der Waals surface area contributed by atoms with E-state index in [1.165, 1.54) is 0 Å². The summed E-state index contributed by atoms with van der Waals surface area (Å²) in [6.45, 7) is 1.74. The van der Waals surface area contributed by atoms with Gasteiger partial charge in [-0.1, -0.05) is 17.7 Å². The highest BCUT2D eigenvalue weighted by Crippen LogP contribution is 2.26. The van der Waals surface area contributed by atoms with Crippen molar-refractivity contribution in [3.8, 4) is 11.6 Å². The van der Waals surface area contributed by atoms with Crippen LogP contribution in [0.3, 0.4) is 0 Å². The summed E-state index contributed by atoms with van der Waals surface area (Å²) in [7, 11) is 0. The van der Waals surface area contributed by atoms with Crippen LogP contribution in [-0.2, 0) is 6.61 Å². The van der Waals surface area contributed by atoms with Gasteiger partial charge in [-0.25, -0.2) is 0 Å². The van der Waals surface area contributed by atoms with E-state index in [1.807, 2.05) is 6.92 Å². The molecule has 0 fully saturated rings. The number of nitrogens with one attached hydrogen (secondary N) is 1. The smallest absolute Gasteiger partial charge is 0.241 e. The van der Waals surface area contributed by atoms with E-state index < -0.39 is 0 Å². The third-order valence-electron chi connectivity index (χ3n) is 2.23. The van der Waals surface area contributed by atoms with Gasteiger partial charge < -0.3 is 9.84 Å². The number of aromatic nitrogens is 2. The second kappa shape index (κ2) is 4.55. The molecule has 0 aliphatic rings. The lowest BCUT2D eigenvalue weighted by Crippen LogP contribution is -1.87. The molecule has 2 rings (SSSR count). The zero-order valence-electron chi connectivity index (χ0n) is 8.70. The Hall–Kier alpha value is -1.52. The fourth-order valence-electron chi connectivity index (χ4n) is 1.31. The average Bonchev–Trinajstić information content (AvgIpc) is 2.60. The number of aliphatic hydroxyl groups excluding tert-OH is 1. The molecule has 1 heterocycles. The van der Waals surface area contributed by atoms with Crippen molar-refractivity contribution in [2.75, 3.05) is 0 Å². The number of hydrogen-bond acceptors (Lipinski definition) is 3. The first-order chi connectivity index (χ1) is 7.70. The molecule has 0 bridgehead atoms. The standard InChI is InChI=1S/C11H11ClN2O2/c1-7-10(6-15)13-14-11(7)16-9-4-2-3-8(12)5-9/h2-5,15H,6H2,1H3,(H,13,14). The van der Waals surface area contributed by atoms with Crippen molar-refractivity contribution in [2.45, 2.75) is 13.5 Å². The molecule has 0 spiro atoms. The molecular formula is C11H11ClN2O2. The van der Waals surface area contributed by atoms with Crippen LogP contribution in [0.5, 0.6) is 11.6 Å². The van der Waals surface area contributed by atoms with Gasteiger partial charge in [0, 0.05) is 10.6 Å². The first-order valence-corrected chi connectivity index (χ1v) is 5.16. The van der Waals surface area contributed by atoms with E-state index in [1.54, 1.807) is 24.3 Å². The van der Waals surface area contributed by atoms with Gasteiger partial charge in [-0.15, -0.1) is 5.10 Å². The zero-order valence-corrected chi connectivity index (χ0v) is 9.45. The van der Waals surface area contributed by atoms with Crippen LogP contribution in [-0.4, -0.2) is 15.3 Å². The predicted octanol–water partition coefficient (Wildman–Crippen LogP) is 2.66. The quantitative estimate of drug-likeness (QED) is 0.864. The second-order valence-electron chi connectivity index (χ2n) is 3.35. The number of nitrogens with zero attached hydrogens (tertiary/aromatic N) is 1. The Morgan fingerprint density at radius 1 is 1.50 bits per heavy atom. The maximum absolute atomic E-state index is 8.99. The third kappa shape index (κ3) is 2.18. The minimum Gasteiger partial charge on any atom is -0.437 e. The molecule has 84 valence electrons. The van der Waals surface area contributed by atoms with E-state index in [4.69, 9.17) is 21.4 Å². The summed E-state index contributed by atoms with van der Waals surface area (Å²) in [5.74, 6) is 1.07. The predicted molar refractivity (Wildman–Crippen MR) is 60.8 cm³/mol. The maximum Gasteiger partial charge on any atom is 0.241 e. The number of rotatable bonds is 3. The van der Waals surface area contributed by atoms with Crippen LogP contribution in [0.2, 0.25) is 5.02 Å². The molecule has 0 radical (unpaired) electrons. The molecule has 1 aromatic carbocycles. The Morgan fingerprint density at radius 3 is 2.94 bits per heavy atom. The van der Waals surface area contributed by atoms with Gasteiger partial charge in [0.1, 0.15) is 5.75 Å². The number of H-pyrrole nitrogens is 1. The number of hydrogen-bond donors (Lipinski definition) is 2. The van der Waals surface area contributed by atoms with Gasteiger partial charge >= 0.3 is 0 Å². The Balaban J connectivity index is 2.24. The van der Waals surface area contributed by atoms with Crippen LogP contribution in [0.4, 0.5) is 0 Å². The number of benzene rings is 1. The Bertz CT molecular complexity index is 496. The largest absolute Gasteiger partial charge is 0.437 e. The monoisotopic (exact) mass is 238 g/mol. The first-order valence-electron chi connectivity index (χ1n) is 4.79. The number of aliphatic hydroxyl groups is 1. The summed E-state index contributed by atoms with van der Waals surface area (Å²) in [6, 6.07) is 7.06. The lowest BCUT2D eigenvalue weighted by molar-refractivity contribution is 0.276. The van der Waals surface area contributed by atoms with Gasteiger partial charge in [0.25, 0.3) is 0 Å². The highest BCUT2D eigenvalue weighted by atomic mass is 35.5. The van der Waals surface area contributed by atoms with Gasteiger partial charge in [-0.2, -0.15) is 0 Å². The van der Waals surface area contributed by atoms with E-state index >= 15 is 0 Å². The van der Waals surface area contributed by atoms with E-state index in [9.17, 15) is 0 Å². The molecule has 2 N–H and O–H groups in total. The normalized spacial score (nSPS) is 10.4. The van der Waals surface area contributed by atoms with Crippen molar-refractivity contribution in [2.24, 2.45) is 0 Å². The average molecular weight is 239 g/mol. The van der Waals surface area contributed by atoms with Crippen molar-refractivity contribution in [1.82, 2.24) is 10.2 Å². The topological polar surface area (TPSA) is 58.1 Å². The van der Waals surface area contributed by atoms with Gasteiger partial charge in [0.2, 0.25) is 5.88 Å². The molecule has 0 saturated carbocycles. The molecule has 4 nitrogen and oxygen atoms in total. The summed E-state index contributed by atoms with van der Waals surface area (Å²) in [6.07, 6.45) is 0. The van der Waals surface area contributed by atoms with Crippen molar-refractivity contribution in [3.05, 3.63) is 40.5 Å². The van der Waals surface area contributed by atoms with Crippen LogP contribution in [0.1, 0.15) is 11.3 Å². The molecule has 1 aromatic heterocycles. The summed E-state index contributed by atoms with van der Waals surface area (Å²) in [5, 5.41) is 16.3. The van der Waals surface area contributed by atoms with Crippen LogP contribution in [0.25, 0.3) is 0 Å². The van der Waals surface area contributed by atoms with Gasteiger partial charge in [0.15, 0.2) is 0 Å². The van der Waals surface area contributed by atoms with E-state index in [-0.39, 0.29) is 6.61 Å². The Morgan fingerprint density at radius 2 is 2.31 bits per heavy atom. The molecule has 0 aliphatic heterocycles. The lowest BCUT2D eigenvalue weighted by Gasteiger charge is -2.03. The highest BCUT2D eigenvalue weighted by Gasteiger charge is 2.09. The molecule has 0 aliphatic carbocycles. The van der Waals surface area contributed by atoms with Crippen molar-refractivity contribution in [1.29, 1.82) is 0 Å². The summed E-state index contributed by atoms with van der Waals surface area (Å²) in [5.41, 5.74) is 1.44. The minimum absolute atomic E-state index is 0.0856. The van der Waals surface area contributed by atoms with Crippen molar-refractivity contribution in [3.63, 3.8) is 0 Å². The Kier molecular flexibility index (Phi) is 3.12. The molecule has 0 unspecified atom stereocenters. The van der Waals surface area contributed by atoms with Gasteiger partial charge in [-0.3, -0.25) is 5.10 Å². The van der Waals surface area contributed by atoms with E-state index in [0.29, 0.717) is 22.3 Å². The first kappa shape index (κ1) is 11.0.